The number of anilines is 2. The van der Waals surface area contributed by atoms with Crippen molar-refractivity contribution >= 4 is 17.3 Å². The third-order valence-corrected chi connectivity index (χ3v) is 7.42. The van der Waals surface area contributed by atoms with Crippen LogP contribution >= 0.6 is 0 Å². The first-order chi connectivity index (χ1) is 16.3. The maximum Gasteiger partial charge on any atom is 0.227 e. The molecule has 176 valence electrons. The maximum absolute atomic E-state index is 12.1. The molecule has 3 aliphatic rings. The molecule has 3 heterocycles. The Morgan fingerprint density at radius 2 is 1.82 bits per heavy atom. The van der Waals surface area contributed by atoms with Gasteiger partial charge >= 0.3 is 0 Å². The van der Waals surface area contributed by atoms with E-state index in [0.29, 0.717) is 12.1 Å². The Morgan fingerprint density at radius 3 is 2.55 bits per heavy atom. The molecule has 2 saturated heterocycles. The van der Waals surface area contributed by atoms with Crippen LogP contribution in [0.1, 0.15) is 56.6 Å². The van der Waals surface area contributed by atoms with Crippen molar-refractivity contribution in [1.82, 2.24) is 15.2 Å². The molecule has 1 atom stereocenters. The number of rotatable bonds is 8. The average Bonchev–Trinajstić information content (AvgIpc) is 3.72. The molecule has 1 unspecified atom stereocenters. The largest absolute Gasteiger partial charge is 0.371 e. The smallest absolute Gasteiger partial charge is 0.227 e. The third kappa shape index (κ3) is 5.92. The second kappa shape index (κ2) is 10.7. The number of carbonyl (C=O) groups is 1. The molecule has 2 N–H and O–H groups in total. The van der Waals surface area contributed by atoms with Gasteiger partial charge in [-0.3, -0.25) is 14.7 Å². The first-order valence-corrected chi connectivity index (χ1v) is 12.8. The van der Waals surface area contributed by atoms with Gasteiger partial charge < -0.3 is 15.5 Å². The molecule has 6 nitrogen and oxygen atoms in total. The van der Waals surface area contributed by atoms with Crippen molar-refractivity contribution in [2.45, 2.75) is 57.0 Å². The quantitative estimate of drug-likeness (QED) is 0.635. The Hall–Kier alpha value is -2.44. The monoisotopic (exact) mass is 447 g/mol. The second-order valence-electron chi connectivity index (χ2n) is 9.88. The summed E-state index contributed by atoms with van der Waals surface area (Å²) in [5, 5.41) is 6.98. The molecule has 1 saturated carbocycles. The van der Waals surface area contributed by atoms with Crippen molar-refractivity contribution in [3.8, 4) is 0 Å². The molecule has 0 radical (unpaired) electrons. The van der Waals surface area contributed by atoms with E-state index in [2.05, 4.69) is 55.7 Å². The van der Waals surface area contributed by atoms with Gasteiger partial charge in [0.1, 0.15) is 0 Å². The van der Waals surface area contributed by atoms with E-state index in [1.807, 2.05) is 18.5 Å². The van der Waals surface area contributed by atoms with Crippen LogP contribution in [0.15, 0.2) is 48.8 Å². The zero-order valence-electron chi connectivity index (χ0n) is 19.6. The standard InChI is InChI=1S/C27H37N5O/c33-27(21-9-10-21)30-24-7-4-8-25(18-24)31-16-11-23(12-17-31)29-20-26(22-6-5-13-28-19-22)32-14-2-1-3-15-32/h4-8,13,18-19,21,23,26,29H,1-3,9-12,14-17,20H2,(H,30,33). The topological polar surface area (TPSA) is 60.5 Å². The average molecular weight is 448 g/mol. The van der Waals surface area contributed by atoms with Gasteiger partial charge in [-0.05, 0) is 81.4 Å². The van der Waals surface area contributed by atoms with Gasteiger partial charge in [0.2, 0.25) is 5.91 Å². The summed E-state index contributed by atoms with van der Waals surface area (Å²) < 4.78 is 0. The van der Waals surface area contributed by atoms with Gasteiger partial charge in [-0.25, -0.2) is 0 Å². The van der Waals surface area contributed by atoms with Gasteiger partial charge in [-0.1, -0.05) is 18.6 Å². The summed E-state index contributed by atoms with van der Waals surface area (Å²) in [7, 11) is 0. The minimum absolute atomic E-state index is 0.173. The molecule has 0 bridgehead atoms. The number of aromatic nitrogens is 1. The molecule has 0 spiro atoms. The van der Waals surface area contributed by atoms with Crippen LogP contribution in [0.25, 0.3) is 0 Å². The first kappa shape index (κ1) is 22.4. The molecule has 33 heavy (non-hydrogen) atoms. The van der Waals surface area contributed by atoms with Crippen LogP contribution < -0.4 is 15.5 Å². The molecule has 1 aromatic carbocycles. The fraction of sp³-hybridized carbons (Fsp3) is 0.556. The predicted molar refractivity (Wildman–Crippen MR) is 133 cm³/mol. The molecule has 2 aliphatic heterocycles. The Kier molecular flexibility index (Phi) is 7.22. The van der Waals surface area contributed by atoms with Gasteiger partial charge in [0.25, 0.3) is 0 Å². The van der Waals surface area contributed by atoms with Crippen LogP contribution in [0.2, 0.25) is 0 Å². The van der Waals surface area contributed by atoms with Crippen molar-refractivity contribution < 1.29 is 4.79 Å². The fourth-order valence-electron chi connectivity index (χ4n) is 5.25. The number of pyridine rings is 1. The molecule has 2 aromatic rings. The molecule has 1 amide bonds. The SMILES string of the molecule is O=C(Nc1cccc(N2CCC(NCC(c3cccnc3)N3CCCCC3)CC2)c1)C1CC1. The lowest BCUT2D eigenvalue weighted by Gasteiger charge is -2.38. The lowest BCUT2D eigenvalue weighted by molar-refractivity contribution is -0.117. The zero-order valence-corrected chi connectivity index (χ0v) is 19.6. The Balaban J connectivity index is 1.14. The summed E-state index contributed by atoms with van der Waals surface area (Å²) in [5.41, 5.74) is 3.46. The highest BCUT2D eigenvalue weighted by molar-refractivity contribution is 5.94. The maximum atomic E-state index is 12.1. The van der Waals surface area contributed by atoms with Gasteiger partial charge in [0.05, 0.1) is 0 Å². The summed E-state index contributed by atoms with van der Waals surface area (Å²) in [6.07, 6.45) is 12.2. The number of nitrogens with zero attached hydrogens (tertiary/aromatic N) is 3. The number of amides is 1. The summed E-state index contributed by atoms with van der Waals surface area (Å²) in [5.74, 6) is 0.405. The lowest BCUT2D eigenvalue weighted by Crippen LogP contribution is -2.46. The van der Waals surface area contributed by atoms with Crippen LogP contribution in [-0.4, -0.2) is 54.6 Å². The summed E-state index contributed by atoms with van der Waals surface area (Å²) in [6.45, 7) is 5.44. The van der Waals surface area contributed by atoms with E-state index in [4.69, 9.17) is 0 Å². The molecule has 6 heteroatoms. The highest BCUT2D eigenvalue weighted by Gasteiger charge is 2.30. The Labute approximate surface area is 197 Å². The zero-order chi connectivity index (χ0) is 22.5. The van der Waals surface area contributed by atoms with Crippen LogP contribution in [0, 0.1) is 5.92 Å². The number of likely N-dealkylation sites (tertiary alicyclic amines) is 1. The van der Waals surface area contributed by atoms with E-state index in [9.17, 15) is 4.79 Å². The van der Waals surface area contributed by atoms with Crippen LogP contribution in [0.3, 0.4) is 0 Å². The summed E-state index contributed by atoms with van der Waals surface area (Å²) in [4.78, 5) is 21.6. The van der Waals surface area contributed by atoms with Crippen LogP contribution in [0.5, 0.6) is 0 Å². The highest BCUT2D eigenvalue weighted by Crippen LogP contribution is 2.31. The van der Waals surface area contributed by atoms with Crippen LogP contribution in [0.4, 0.5) is 11.4 Å². The van der Waals surface area contributed by atoms with Gasteiger partial charge in [-0.2, -0.15) is 0 Å². The predicted octanol–water partition coefficient (Wildman–Crippen LogP) is 4.22. The van der Waals surface area contributed by atoms with E-state index in [1.54, 1.807) is 0 Å². The highest BCUT2D eigenvalue weighted by atomic mass is 16.2. The number of benzene rings is 1. The lowest BCUT2D eigenvalue weighted by atomic mass is 10.0. The van der Waals surface area contributed by atoms with Crippen molar-refractivity contribution in [2.75, 3.05) is 42.9 Å². The minimum Gasteiger partial charge on any atom is -0.371 e. The molecule has 1 aliphatic carbocycles. The number of hydrogen-bond donors (Lipinski definition) is 2. The summed E-state index contributed by atoms with van der Waals surface area (Å²) in [6, 6.07) is 13.6. The van der Waals surface area contributed by atoms with Gasteiger partial charge in [0, 0.05) is 61.4 Å². The van der Waals surface area contributed by atoms with Crippen molar-refractivity contribution in [1.29, 1.82) is 0 Å². The van der Waals surface area contributed by atoms with Crippen molar-refractivity contribution in [2.24, 2.45) is 5.92 Å². The van der Waals surface area contributed by atoms with Crippen molar-refractivity contribution in [3.05, 3.63) is 54.4 Å². The number of piperidine rings is 2. The molecule has 1 aromatic heterocycles. The first-order valence-electron chi connectivity index (χ1n) is 12.8. The molecule has 3 fully saturated rings. The Morgan fingerprint density at radius 1 is 1.00 bits per heavy atom. The van der Waals surface area contributed by atoms with E-state index in [1.165, 1.54) is 43.6 Å². The molecular weight excluding hydrogens is 410 g/mol. The van der Waals surface area contributed by atoms with Crippen molar-refractivity contribution in [3.63, 3.8) is 0 Å². The van der Waals surface area contributed by atoms with E-state index in [-0.39, 0.29) is 11.8 Å². The Bertz CT molecular complexity index is 902. The normalized spacial score (nSPS) is 21.0. The van der Waals surface area contributed by atoms with E-state index in [0.717, 1.165) is 51.0 Å². The van der Waals surface area contributed by atoms with Crippen LogP contribution in [-0.2, 0) is 4.79 Å². The van der Waals surface area contributed by atoms with E-state index < -0.39 is 0 Å². The van der Waals surface area contributed by atoms with E-state index >= 15 is 0 Å². The fourth-order valence-corrected chi connectivity index (χ4v) is 5.25. The van der Waals surface area contributed by atoms with Gasteiger partial charge in [0.15, 0.2) is 0 Å². The van der Waals surface area contributed by atoms with Gasteiger partial charge in [-0.15, -0.1) is 0 Å². The number of carbonyl (C=O) groups excluding carboxylic acids is 1. The molecule has 5 rings (SSSR count). The third-order valence-electron chi connectivity index (χ3n) is 7.42. The second-order valence-corrected chi connectivity index (χ2v) is 9.88. The minimum atomic E-state index is 0.173. The molecular formula is C27H37N5O. The summed E-state index contributed by atoms with van der Waals surface area (Å²) >= 11 is 0. The number of nitrogens with one attached hydrogen (secondary N) is 2. The number of hydrogen-bond acceptors (Lipinski definition) is 5.